The number of nitrogens with one attached hydrogen (secondary N) is 1. The lowest BCUT2D eigenvalue weighted by atomic mass is 10.3. The summed E-state index contributed by atoms with van der Waals surface area (Å²) in [6, 6.07) is 12.2. The van der Waals surface area contributed by atoms with Crippen molar-refractivity contribution in [2.45, 2.75) is 4.90 Å². The van der Waals surface area contributed by atoms with E-state index in [1.165, 1.54) is 18.2 Å². The van der Waals surface area contributed by atoms with Gasteiger partial charge >= 0.3 is 0 Å². The minimum absolute atomic E-state index is 0.00906. The molecule has 20 heavy (non-hydrogen) atoms. The van der Waals surface area contributed by atoms with Gasteiger partial charge in [-0.25, -0.2) is 5.53 Å². The second kappa shape index (κ2) is 5.68. The zero-order chi connectivity index (χ0) is 14.6. The summed E-state index contributed by atoms with van der Waals surface area (Å²) in [7, 11) is -4.37. The van der Waals surface area contributed by atoms with Crippen LogP contribution in [0, 0.1) is 5.53 Å². The molecule has 0 aromatic heterocycles. The topological polar surface area (TPSA) is 115 Å². The van der Waals surface area contributed by atoms with Crippen LogP contribution in [0.4, 0.5) is 17.1 Å². The molecule has 0 fully saturated rings. The van der Waals surface area contributed by atoms with Gasteiger partial charge in [0.15, 0.2) is 0 Å². The van der Waals surface area contributed by atoms with Crippen LogP contribution in [-0.4, -0.2) is 13.0 Å². The van der Waals surface area contributed by atoms with Crippen LogP contribution in [0.1, 0.15) is 0 Å². The molecule has 0 saturated heterocycles. The molecule has 0 aliphatic heterocycles. The fraction of sp³-hybridized carbons (Fsp3) is 0. The average Bonchev–Trinajstić information content (AvgIpc) is 2.44. The Bertz CT molecular complexity index is 772. The maximum Gasteiger partial charge on any atom is 0.296 e. The average molecular weight is 290 g/mol. The molecule has 2 rings (SSSR count). The van der Waals surface area contributed by atoms with Gasteiger partial charge < -0.3 is 0 Å². The molecule has 7 nitrogen and oxygen atoms in total. The zero-order valence-corrected chi connectivity index (χ0v) is 10.9. The van der Waals surface area contributed by atoms with Crippen molar-refractivity contribution in [1.29, 1.82) is 5.53 Å². The first-order valence-electron chi connectivity index (χ1n) is 5.47. The lowest BCUT2D eigenvalue weighted by molar-refractivity contribution is 0.483. The van der Waals surface area contributed by atoms with E-state index >= 15 is 0 Å². The van der Waals surface area contributed by atoms with Crippen molar-refractivity contribution < 1.29 is 13.0 Å². The summed E-state index contributed by atoms with van der Waals surface area (Å²) >= 11 is 0. The van der Waals surface area contributed by atoms with Crippen LogP contribution in [0.2, 0.25) is 0 Å². The van der Waals surface area contributed by atoms with Crippen molar-refractivity contribution in [2.75, 3.05) is 0 Å². The van der Waals surface area contributed by atoms with E-state index in [2.05, 4.69) is 15.3 Å². The van der Waals surface area contributed by atoms with E-state index < -0.39 is 10.1 Å². The number of rotatable bonds is 4. The Morgan fingerprint density at radius 2 is 1.35 bits per heavy atom. The molecule has 8 heteroatoms. The molecule has 0 unspecified atom stereocenters. The number of hydrogen-bond donors (Lipinski definition) is 2. The largest absolute Gasteiger partial charge is 0.296 e. The maximum atomic E-state index is 11.2. The van der Waals surface area contributed by atoms with E-state index in [1.54, 1.807) is 30.3 Å². The molecule has 0 heterocycles. The lowest BCUT2D eigenvalue weighted by Crippen LogP contribution is -1.97. The molecule has 0 saturated carbocycles. The molecule has 0 aliphatic carbocycles. The number of nitrogens with zero attached hydrogens (tertiary/aromatic N) is 3. The zero-order valence-electron chi connectivity index (χ0n) is 10.1. The van der Waals surface area contributed by atoms with Crippen molar-refractivity contribution >= 4 is 27.2 Å². The molecule has 0 radical (unpaired) electrons. The third-order valence-electron chi connectivity index (χ3n) is 2.41. The Balaban J connectivity index is 2.45. The van der Waals surface area contributed by atoms with Gasteiger partial charge in [0.25, 0.3) is 10.1 Å². The van der Waals surface area contributed by atoms with E-state index in [4.69, 9.17) is 10.1 Å². The van der Waals surface area contributed by atoms with Crippen molar-refractivity contribution in [3.05, 3.63) is 48.5 Å². The monoisotopic (exact) mass is 290 g/mol. The number of hydrogen-bond acceptors (Lipinski definition) is 6. The second-order valence-corrected chi connectivity index (χ2v) is 5.13. The van der Waals surface area contributed by atoms with E-state index in [0.29, 0.717) is 11.4 Å². The number of para-hydroxylation sites is 1. The highest BCUT2D eigenvalue weighted by Gasteiger charge is 2.14. The van der Waals surface area contributed by atoms with E-state index in [-0.39, 0.29) is 10.6 Å². The standard InChI is InChI=1S/C12H10N4O3S/c13-14-9-5-1-2-6-10(9)15-16-11-7-3-4-8-12(11)20(17,18)19/h1-8,13H,(H,17,18,19). The first-order chi connectivity index (χ1) is 9.52. The minimum Gasteiger partial charge on any atom is -0.282 e. The van der Waals surface area contributed by atoms with Gasteiger partial charge in [0.2, 0.25) is 0 Å². The minimum atomic E-state index is -4.37. The van der Waals surface area contributed by atoms with E-state index in [1.807, 2.05) is 0 Å². The normalized spacial score (nSPS) is 11.7. The van der Waals surface area contributed by atoms with Crippen LogP contribution >= 0.6 is 0 Å². The Labute approximate surface area is 115 Å². The Kier molecular flexibility index (Phi) is 3.97. The van der Waals surface area contributed by atoms with Gasteiger partial charge in [-0.2, -0.15) is 13.5 Å². The molecule has 2 N–H and O–H groups in total. The summed E-state index contributed by atoms with van der Waals surface area (Å²) in [5.74, 6) is 0. The van der Waals surface area contributed by atoms with Gasteiger partial charge in [0.05, 0.1) is 0 Å². The summed E-state index contributed by atoms with van der Waals surface area (Å²) in [5.41, 5.74) is 7.64. The highest BCUT2D eigenvalue weighted by molar-refractivity contribution is 7.86. The second-order valence-electron chi connectivity index (χ2n) is 3.74. The summed E-state index contributed by atoms with van der Waals surface area (Å²) in [6.45, 7) is 0. The van der Waals surface area contributed by atoms with Crippen molar-refractivity contribution in [3.63, 3.8) is 0 Å². The quantitative estimate of drug-likeness (QED) is 0.654. The van der Waals surface area contributed by atoms with E-state index in [9.17, 15) is 8.42 Å². The number of azo groups is 1. The fourth-order valence-electron chi connectivity index (χ4n) is 1.51. The SMILES string of the molecule is N=Nc1ccccc1N=Nc1ccccc1S(=O)(=O)O. The first kappa shape index (κ1) is 14.0. The highest BCUT2D eigenvalue weighted by Crippen LogP contribution is 2.30. The third-order valence-corrected chi connectivity index (χ3v) is 3.31. The lowest BCUT2D eigenvalue weighted by Gasteiger charge is -2.01. The number of benzene rings is 2. The maximum absolute atomic E-state index is 11.2. The van der Waals surface area contributed by atoms with Gasteiger partial charge in [0.1, 0.15) is 22.0 Å². The highest BCUT2D eigenvalue weighted by atomic mass is 32.2. The molecule has 2 aromatic carbocycles. The molecular weight excluding hydrogens is 280 g/mol. The molecule has 0 spiro atoms. The Hall–Kier alpha value is -2.45. The van der Waals surface area contributed by atoms with Gasteiger partial charge in [-0.3, -0.25) is 4.55 Å². The van der Waals surface area contributed by atoms with E-state index in [0.717, 1.165) is 0 Å². The van der Waals surface area contributed by atoms with Gasteiger partial charge in [-0.1, -0.05) is 24.3 Å². The summed E-state index contributed by atoms with van der Waals surface area (Å²) in [5, 5.41) is 10.9. The van der Waals surface area contributed by atoms with Crippen molar-refractivity contribution in [2.24, 2.45) is 15.3 Å². The molecule has 2 aromatic rings. The van der Waals surface area contributed by atoms with Crippen LogP contribution in [0.3, 0.4) is 0 Å². The van der Waals surface area contributed by atoms with Crippen molar-refractivity contribution in [3.8, 4) is 0 Å². The molecule has 0 amide bonds. The fourth-order valence-corrected chi connectivity index (χ4v) is 2.13. The predicted molar refractivity (Wildman–Crippen MR) is 71.7 cm³/mol. The molecule has 102 valence electrons. The van der Waals surface area contributed by atoms with Crippen molar-refractivity contribution in [1.82, 2.24) is 0 Å². The molecule has 0 bridgehead atoms. The summed E-state index contributed by atoms with van der Waals surface area (Å²) < 4.78 is 31.5. The third kappa shape index (κ3) is 3.11. The van der Waals surface area contributed by atoms with Crippen LogP contribution in [0.15, 0.2) is 68.8 Å². The summed E-state index contributed by atoms with van der Waals surface area (Å²) in [4.78, 5) is -0.330. The van der Waals surface area contributed by atoms with Crippen LogP contribution in [0.5, 0.6) is 0 Å². The van der Waals surface area contributed by atoms with Crippen LogP contribution < -0.4 is 0 Å². The molecule has 0 aliphatic rings. The van der Waals surface area contributed by atoms with Crippen LogP contribution in [0.25, 0.3) is 0 Å². The Morgan fingerprint density at radius 1 is 0.850 bits per heavy atom. The van der Waals surface area contributed by atoms with Gasteiger partial charge in [0, 0.05) is 0 Å². The van der Waals surface area contributed by atoms with Gasteiger partial charge in [-0.05, 0) is 24.3 Å². The molecular formula is C12H10N4O3S. The first-order valence-corrected chi connectivity index (χ1v) is 6.91. The molecule has 0 atom stereocenters. The Morgan fingerprint density at radius 3 is 1.95 bits per heavy atom. The van der Waals surface area contributed by atoms with Gasteiger partial charge in [-0.15, -0.1) is 10.2 Å². The van der Waals surface area contributed by atoms with Crippen LogP contribution in [-0.2, 0) is 10.1 Å². The smallest absolute Gasteiger partial charge is 0.282 e. The predicted octanol–water partition coefficient (Wildman–Crippen LogP) is 4.01. The summed E-state index contributed by atoms with van der Waals surface area (Å²) in [6.07, 6.45) is 0.